The van der Waals surface area contributed by atoms with E-state index in [0.29, 0.717) is 5.56 Å². The molecule has 0 unspecified atom stereocenters. The Morgan fingerprint density at radius 3 is 2.12 bits per heavy atom. The second kappa shape index (κ2) is 5.15. The van der Waals surface area contributed by atoms with Gasteiger partial charge in [0.15, 0.2) is 0 Å². The van der Waals surface area contributed by atoms with Crippen molar-refractivity contribution in [2.24, 2.45) is 0 Å². The summed E-state index contributed by atoms with van der Waals surface area (Å²) < 4.78 is 5.52. The zero-order valence-corrected chi connectivity index (χ0v) is 10.5. The Labute approximate surface area is 97.6 Å². The number of rotatable bonds is 4. The number of hydrogen-bond acceptors (Lipinski definition) is 2. The van der Waals surface area contributed by atoms with Crippen LogP contribution in [0.15, 0.2) is 24.3 Å². The van der Waals surface area contributed by atoms with E-state index < -0.39 is 0 Å². The van der Waals surface area contributed by atoms with Crippen molar-refractivity contribution in [3.63, 3.8) is 0 Å². The van der Waals surface area contributed by atoms with Gasteiger partial charge in [0.05, 0.1) is 5.56 Å². The largest absolute Gasteiger partial charge is 0.456 e. The van der Waals surface area contributed by atoms with Gasteiger partial charge in [-0.25, -0.2) is 4.79 Å². The molecule has 0 saturated carbocycles. The van der Waals surface area contributed by atoms with Gasteiger partial charge in [-0.05, 0) is 38.8 Å². The van der Waals surface area contributed by atoms with Crippen molar-refractivity contribution in [1.29, 1.82) is 0 Å². The third-order valence-corrected chi connectivity index (χ3v) is 3.12. The van der Waals surface area contributed by atoms with E-state index in [1.807, 2.05) is 52.0 Å². The zero-order chi connectivity index (χ0) is 12.2. The van der Waals surface area contributed by atoms with E-state index in [-0.39, 0.29) is 11.6 Å². The third-order valence-electron chi connectivity index (χ3n) is 3.12. The van der Waals surface area contributed by atoms with Gasteiger partial charge >= 0.3 is 5.97 Å². The summed E-state index contributed by atoms with van der Waals surface area (Å²) >= 11 is 0. The SMILES string of the molecule is CCC(C)(CC)OC(=O)c1ccc(C)cc1. The van der Waals surface area contributed by atoms with Crippen LogP contribution in [0.4, 0.5) is 0 Å². The average molecular weight is 220 g/mol. The monoisotopic (exact) mass is 220 g/mol. The minimum Gasteiger partial charge on any atom is -0.456 e. The number of benzene rings is 1. The highest BCUT2D eigenvalue weighted by Crippen LogP contribution is 2.21. The van der Waals surface area contributed by atoms with Crippen LogP contribution in [0.5, 0.6) is 0 Å². The summed E-state index contributed by atoms with van der Waals surface area (Å²) in [4.78, 5) is 11.9. The molecule has 0 saturated heterocycles. The summed E-state index contributed by atoms with van der Waals surface area (Å²) in [5, 5.41) is 0. The van der Waals surface area contributed by atoms with Gasteiger partial charge in [-0.15, -0.1) is 0 Å². The third kappa shape index (κ3) is 3.09. The predicted molar refractivity (Wildman–Crippen MR) is 65.6 cm³/mol. The molecule has 0 aliphatic heterocycles. The smallest absolute Gasteiger partial charge is 0.338 e. The fourth-order valence-electron chi connectivity index (χ4n) is 1.37. The molecule has 0 bridgehead atoms. The molecule has 0 aliphatic rings. The highest BCUT2D eigenvalue weighted by Gasteiger charge is 2.24. The van der Waals surface area contributed by atoms with Crippen LogP contribution in [-0.4, -0.2) is 11.6 Å². The summed E-state index contributed by atoms with van der Waals surface area (Å²) in [7, 11) is 0. The van der Waals surface area contributed by atoms with Gasteiger partial charge in [-0.1, -0.05) is 31.5 Å². The molecule has 0 heterocycles. The summed E-state index contributed by atoms with van der Waals surface area (Å²) in [5.74, 6) is -0.230. The molecule has 16 heavy (non-hydrogen) atoms. The first-order valence-electron chi connectivity index (χ1n) is 5.81. The fourth-order valence-corrected chi connectivity index (χ4v) is 1.37. The van der Waals surface area contributed by atoms with Crippen molar-refractivity contribution in [3.05, 3.63) is 35.4 Å². The topological polar surface area (TPSA) is 26.3 Å². The summed E-state index contributed by atoms with van der Waals surface area (Å²) in [6.07, 6.45) is 1.67. The lowest BCUT2D eigenvalue weighted by Crippen LogP contribution is -2.30. The van der Waals surface area contributed by atoms with Gasteiger partial charge in [0.2, 0.25) is 0 Å². The van der Waals surface area contributed by atoms with E-state index in [2.05, 4.69) is 0 Å². The summed E-state index contributed by atoms with van der Waals surface area (Å²) in [6, 6.07) is 7.46. The van der Waals surface area contributed by atoms with Gasteiger partial charge < -0.3 is 4.74 Å². The first kappa shape index (κ1) is 12.8. The van der Waals surface area contributed by atoms with E-state index in [9.17, 15) is 4.79 Å². The van der Waals surface area contributed by atoms with E-state index in [1.54, 1.807) is 0 Å². The number of hydrogen-bond donors (Lipinski definition) is 0. The molecular formula is C14H20O2. The van der Waals surface area contributed by atoms with Crippen LogP contribution in [-0.2, 0) is 4.74 Å². The Balaban J connectivity index is 2.76. The van der Waals surface area contributed by atoms with Gasteiger partial charge in [0.1, 0.15) is 5.60 Å². The first-order valence-corrected chi connectivity index (χ1v) is 5.81. The van der Waals surface area contributed by atoms with Crippen molar-refractivity contribution < 1.29 is 9.53 Å². The highest BCUT2D eigenvalue weighted by atomic mass is 16.6. The molecule has 88 valence electrons. The first-order chi connectivity index (χ1) is 7.50. The van der Waals surface area contributed by atoms with Crippen LogP contribution < -0.4 is 0 Å². The summed E-state index contributed by atoms with van der Waals surface area (Å²) in [6.45, 7) is 8.04. The molecule has 0 atom stereocenters. The maximum Gasteiger partial charge on any atom is 0.338 e. The molecule has 0 aromatic heterocycles. The Bertz CT molecular complexity index is 348. The van der Waals surface area contributed by atoms with E-state index in [1.165, 1.54) is 0 Å². The van der Waals surface area contributed by atoms with Gasteiger partial charge in [0, 0.05) is 0 Å². The quantitative estimate of drug-likeness (QED) is 0.723. The van der Waals surface area contributed by atoms with Crippen molar-refractivity contribution >= 4 is 5.97 Å². The van der Waals surface area contributed by atoms with Crippen LogP contribution >= 0.6 is 0 Å². The van der Waals surface area contributed by atoms with Crippen molar-refractivity contribution in [1.82, 2.24) is 0 Å². The fraction of sp³-hybridized carbons (Fsp3) is 0.500. The molecular weight excluding hydrogens is 200 g/mol. The number of ether oxygens (including phenoxy) is 1. The van der Waals surface area contributed by atoms with E-state index >= 15 is 0 Å². The molecule has 0 spiro atoms. The number of carbonyl (C=O) groups excluding carboxylic acids is 1. The van der Waals surface area contributed by atoms with E-state index in [0.717, 1.165) is 18.4 Å². The zero-order valence-electron chi connectivity index (χ0n) is 10.5. The molecule has 1 rings (SSSR count). The second-order valence-corrected chi connectivity index (χ2v) is 4.41. The molecule has 0 amide bonds. The number of esters is 1. The molecule has 0 radical (unpaired) electrons. The Kier molecular flexibility index (Phi) is 4.11. The molecule has 0 N–H and O–H groups in total. The number of carbonyl (C=O) groups is 1. The minimum atomic E-state index is -0.345. The van der Waals surface area contributed by atoms with Crippen LogP contribution in [0.2, 0.25) is 0 Å². The number of aryl methyl sites for hydroxylation is 1. The van der Waals surface area contributed by atoms with E-state index in [4.69, 9.17) is 4.74 Å². The lowest BCUT2D eigenvalue weighted by Gasteiger charge is -2.26. The van der Waals surface area contributed by atoms with Crippen LogP contribution in [0, 0.1) is 6.92 Å². The average Bonchev–Trinajstić information content (AvgIpc) is 2.29. The molecule has 2 nitrogen and oxygen atoms in total. The Morgan fingerprint density at radius 1 is 1.19 bits per heavy atom. The maximum absolute atomic E-state index is 11.9. The molecule has 0 aliphatic carbocycles. The Morgan fingerprint density at radius 2 is 1.69 bits per heavy atom. The molecule has 0 fully saturated rings. The van der Waals surface area contributed by atoms with Gasteiger partial charge in [-0.2, -0.15) is 0 Å². The maximum atomic E-state index is 11.9. The van der Waals surface area contributed by atoms with Crippen molar-refractivity contribution in [2.45, 2.75) is 46.1 Å². The van der Waals surface area contributed by atoms with Crippen LogP contribution in [0.3, 0.4) is 0 Å². The summed E-state index contributed by atoms with van der Waals surface area (Å²) in [5.41, 5.74) is 1.42. The van der Waals surface area contributed by atoms with Crippen molar-refractivity contribution in [3.8, 4) is 0 Å². The standard InChI is InChI=1S/C14H20O2/c1-5-14(4,6-2)16-13(15)12-9-7-11(3)8-10-12/h7-10H,5-6H2,1-4H3. The van der Waals surface area contributed by atoms with Gasteiger partial charge in [0.25, 0.3) is 0 Å². The van der Waals surface area contributed by atoms with Crippen LogP contribution in [0.25, 0.3) is 0 Å². The molecule has 2 heteroatoms. The normalized spacial score (nSPS) is 11.2. The second-order valence-electron chi connectivity index (χ2n) is 4.41. The molecule has 1 aromatic carbocycles. The highest BCUT2D eigenvalue weighted by molar-refractivity contribution is 5.89. The lowest BCUT2D eigenvalue weighted by atomic mass is 10.00. The Hall–Kier alpha value is -1.31. The van der Waals surface area contributed by atoms with Crippen molar-refractivity contribution in [2.75, 3.05) is 0 Å². The molecule has 1 aromatic rings. The lowest BCUT2D eigenvalue weighted by molar-refractivity contribution is -0.0130. The van der Waals surface area contributed by atoms with Crippen LogP contribution in [0.1, 0.15) is 49.5 Å². The minimum absolute atomic E-state index is 0.230. The predicted octanol–water partition coefficient (Wildman–Crippen LogP) is 3.73. The van der Waals surface area contributed by atoms with Gasteiger partial charge in [-0.3, -0.25) is 0 Å².